The summed E-state index contributed by atoms with van der Waals surface area (Å²) in [6.45, 7) is 0.684. The molecule has 0 unspecified atom stereocenters. The highest BCUT2D eigenvalue weighted by molar-refractivity contribution is 7.89. The van der Waals surface area contributed by atoms with E-state index in [4.69, 9.17) is 0 Å². The van der Waals surface area contributed by atoms with E-state index in [1.807, 2.05) is 0 Å². The summed E-state index contributed by atoms with van der Waals surface area (Å²) in [5.41, 5.74) is 0.388. The summed E-state index contributed by atoms with van der Waals surface area (Å²) in [6.07, 6.45) is 9.29. The first kappa shape index (κ1) is 22.0. The average Bonchev–Trinajstić information content (AvgIpc) is 2.75. The maximum atomic E-state index is 13.1. The third kappa shape index (κ3) is 5.18. The zero-order valence-electron chi connectivity index (χ0n) is 17.8. The van der Waals surface area contributed by atoms with E-state index < -0.39 is 10.0 Å². The quantitative estimate of drug-likeness (QED) is 0.755. The highest BCUT2D eigenvalue weighted by Gasteiger charge is 2.32. The van der Waals surface area contributed by atoms with Crippen molar-refractivity contribution in [2.24, 2.45) is 5.92 Å². The molecule has 1 aromatic carbocycles. The van der Waals surface area contributed by atoms with Crippen molar-refractivity contribution >= 4 is 26.8 Å². The second kappa shape index (κ2) is 9.53. The van der Waals surface area contributed by atoms with Crippen molar-refractivity contribution in [1.29, 1.82) is 0 Å². The van der Waals surface area contributed by atoms with Gasteiger partial charge in [-0.1, -0.05) is 32.1 Å². The Morgan fingerprint density at radius 2 is 1.61 bits per heavy atom. The molecule has 0 bridgehead atoms. The molecule has 2 fully saturated rings. The van der Waals surface area contributed by atoms with E-state index in [0.717, 1.165) is 12.8 Å². The highest BCUT2D eigenvalue weighted by Crippen LogP contribution is 2.26. The Kier molecular flexibility index (Phi) is 6.77. The number of hydrogen-bond donors (Lipinski definition) is 2. The Morgan fingerprint density at radius 3 is 2.32 bits per heavy atom. The number of carbonyl (C=O) groups excluding carboxylic acids is 1. The van der Waals surface area contributed by atoms with Crippen LogP contribution in [-0.4, -0.2) is 42.7 Å². The Labute approximate surface area is 183 Å². The molecule has 31 heavy (non-hydrogen) atoms. The lowest BCUT2D eigenvalue weighted by atomic mass is 9.94. The zero-order chi connectivity index (χ0) is 21.8. The van der Waals surface area contributed by atoms with Gasteiger partial charge in [-0.2, -0.15) is 4.31 Å². The fourth-order valence-corrected chi connectivity index (χ4v) is 6.23. The number of nitrogens with one attached hydrogen (secondary N) is 2. The van der Waals surface area contributed by atoms with E-state index in [2.05, 4.69) is 10.3 Å². The molecule has 2 aromatic rings. The second-order valence-corrected chi connectivity index (χ2v) is 10.7. The summed E-state index contributed by atoms with van der Waals surface area (Å²) in [5.74, 6) is -0.0455. The minimum Gasteiger partial charge on any atom is -0.353 e. The van der Waals surface area contributed by atoms with Gasteiger partial charge in [0.2, 0.25) is 21.5 Å². The van der Waals surface area contributed by atoms with Gasteiger partial charge in [-0.05, 0) is 55.3 Å². The number of carbonyl (C=O) groups is 1. The van der Waals surface area contributed by atoms with Crippen LogP contribution in [0.1, 0.15) is 57.8 Å². The van der Waals surface area contributed by atoms with Crippen molar-refractivity contribution in [2.45, 2.75) is 68.7 Å². The Morgan fingerprint density at radius 1 is 0.935 bits per heavy atom. The maximum Gasteiger partial charge on any atom is 0.248 e. The van der Waals surface area contributed by atoms with Gasteiger partial charge in [0.25, 0.3) is 0 Å². The number of benzene rings is 1. The number of H-pyrrole nitrogens is 1. The molecular weight excluding hydrogens is 414 g/mol. The van der Waals surface area contributed by atoms with Gasteiger partial charge in [0.15, 0.2) is 0 Å². The Bertz CT molecular complexity index is 1080. The molecule has 2 heterocycles. The number of rotatable bonds is 4. The number of sulfonamides is 1. The minimum absolute atomic E-state index is 0.0808. The SMILES string of the molecule is O=C(NC1CCCCCCC1)C1CCN(S(=O)(=O)c2ccc3[nH]c(=O)ccc3c2)CC1. The lowest BCUT2D eigenvalue weighted by Gasteiger charge is -2.32. The molecule has 4 rings (SSSR count). The van der Waals surface area contributed by atoms with Gasteiger partial charge in [-0.15, -0.1) is 0 Å². The van der Waals surface area contributed by atoms with Gasteiger partial charge in [0, 0.05) is 36.6 Å². The second-order valence-electron chi connectivity index (χ2n) is 8.80. The maximum absolute atomic E-state index is 13.1. The Balaban J connectivity index is 1.37. The van der Waals surface area contributed by atoms with Crippen LogP contribution >= 0.6 is 0 Å². The first-order valence-corrected chi connectivity index (χ1v) is 12.8. The summed E-state index contributed by atoms with van der Waals surface area (Å²) in [6, 6.07) is 8.02. The number of amides is 1. The molecular formula is C23H31N3O4S. The summed E-state index contributed by atoms with van der Waals surface area (Å²) in [4.78, 5) is 27.1. The van der Waals surface area contributed by atoms with Crippen LogP contribution in [0.2, 0.25) is 0 Å². The number of pyridine rings is 1. The number of aromatic nitrogens is 1. The van der Waals surface area contributed by atoms with E-state index in [-0.39, 0.29) is 28.3 Å². The molecule has 0 atom stereocenters. The van der Waals surface area contributed by atoms with Crippen LogP contribution in [0.5, 0.6) is 0 Å². The van der Waals surface area contributed by atoms with Crippen molar-refractivity contribution < 1.29 is 13.2 Å². The average molecular weight is 446 g/mol. The molecule has 1 aromatic heterocycles. The van der Waals surface area contributed by atoms with Crippen LogP contribution < -0.4 is 10.9 Å². The van der Waals surface area contributed by atoms with Crippen molar-refractivity contribution in [1.82, 2.24) is 14.6 Å². The molecule has 2 aliphatic rings. The number of aromatic amines is 1. The highest BCUT2D eigenvalue weighted by atomic mass is 32.2. The van der Waals surface area contributed by atoms with Gasteiger partial charge in [0.05, 0.1) is 4.90 Å². The van der Waals surface area contributed by atoms with Gasteiger partial charge < -0.3 is 10.3 Å². The summed E-state index contributed by atoms with van der Waals surface area (Å²) in [7, 11) is -3.64. The van der Waals surface area contributed by atoms with Crippen molar-refractivity contribution in [3.8, 4) is 0 Å². The first-order chi connectivity index (χ1) is 14.9. The lowest BCUT2D eigenvalue weighted by Crippen LogP contribution is -2.45. The lowest BCUT2D eigenvalue weighted by molar-refractivity contribution is -0.127. The third-order valence-electron chi connectivity index (χ3n) is 6.61. The molecule has 2 N–H and O–H groups in total. The predicted octanol–water partition coefficient (Wildman–Crippen LogP) is 3.16. The van der Waals surface area contributed by atoms with E-state index in [1.54, 1.807) is 18.2 Å². The topological polar surface area (TPSA) is 99.3 Å². The van der Waals surface area contributed by atoms with Gasteiger partial charge in [-0.3, -0.25) is 9.59 Å². The molecule has 1 aliphatic carbocycles. The summed E-state index contributed by atoms with van der Waals surface area (Å²) >= 11 is 0. The van der Waals surface area contributed by atoms with Gasteiger partial charge >= 0.3 is 0 Å². The van der Waals surface area contributed by atoms with E-state index in [0.29, 0.717) is 36.8 Å². The van der Waals surface area contributed by atoms with Gasteiger partial charge in [0.1, 0.15) is 0 Å². The van der Waals surface area contributed by atoms with E-state index in [1.165, 1.54) is 48.5 Å². The molecule has 1 saturated heterocycles. The molecule has 1 saturated carbocycles. The standard InChI is InChI=1S/C23H31N3O4S/c27-22-11-8-18-16-20(9-10-21(18)25-22)31(29,30)26-14-12-17(13-15-26)23(28)24-19-6-4-2-1-3-5-7-19/h8-11,16-17,19H,1-7,12-15H2,(H,24,28)(H,25,27). The van der Waals surface area contributed by atoms with Crippen LogP contribution in [0.15, 0.2) is 40.0 Å². The molecule has 1 aliphatic heterocycles. The van der Waals surface area contributed by atoms with Crippen LogP contribution in [0, 0.1) is 5.92 Å². The van der Waals surface area contributed by atoms with E-state index in [9.17, 15) is 18.0 Å². The van der Waals surface area contributed by atoms with Crippen molar-refractivity contribution in [3.63, 3.8) is 0 Å². The van der Waals surface area contributed by atoms with E-state index >= 15 is 0 Å². The van der Waals surface area contributed by atoms with Crippen molar-refractivity contribution in [3.05, 3.63) is 40.7 Å². The molecule has 1 amide bonds. The summed E-state index contributed by atoms with van der Waals surface area (Å²) < 4.78 is 27.7. The minimum atomic E-state index is -3.64. The fourth-order valence-electron chi connectivity index (χ4n) is 4.72. The number of fused-ring (bicyclic) bond motifs is 1. The van der Waals surface area contributed by atoms with Crippen molar-refractivity contribution in [2.75, 3.05) is 13.1 Å². The molecule has 0 radical (unpaired) electrons. The molecule has 7 nitrogen and oxygen atoms in total. The molecule has 0 spiro atoms. The zero-order valence-corrected chi connectivity index (χ0v) is 18.6. The largest absolute Gasteiger partial charge is 0.353 e. The van der Waals surface area contributed by atoms with Gasteiger partial charge in [-0.25, -0.2) is 8.42 Å². The smallest absolute Gasteiger partial charge is 0.248 e. The number of nitrogens with zero attached hydrogens (tertiary/aromatic N) is 1. The fraction of sp³-hybridized carbons (Fsp3) is 0.565. The number of hydrogen-bond acceptors (Lipinski definition) is 4. The molecule has 168 valence electrons. The number of piperidine rings is 1. The summed E-state index contributed by atoms with van der Waals surface area (Å²) in [5, 5.41) is 3.91. The Hall–Kier alpha value is -2.19. The third-order valence-corrected chi connectivity index (χ3v) is 8.50. The predicted molar refractivity (Wildman–Crippen MR) is 120 cm³/mol. The normalized spacial score (nSPS) is 20.3. The monoisotopic (exact) mass is 445 g/mol. The first-order valence-electron chi connectivity index (χ1n) is 11.4. The van der Waals surface area contributed by atoms with Crippen LogP contribution in [0.3, 0.4) is 0 Å². The van der Waals surface area contributed by atoms with Crippen LogP contribution in [-0.2, 0) is 14.8 Å². The van der Waals surface area contributed by atoms with Crippen LogP contribution in [0.4, 0.5) is 0 Å². The van der Waals surface area contributed by atoms with Crippen LogP contribution in [0.25, 0.3) is 10.9 Å². The molecule has 8 heteroatoms.